The minimum Gasteiger partial charge on any atom is -0.478 e. The van der Waals surface area contributed by atoms with Crippen molar-refractivity contribution in [3.63, 3.8) is 0 Å². The Morgan fingerprint density at radius 1 is 1.27 bits per heavy atom. The minimum absolute atomic E-state index is 0.561. The summed E-state index contributed by atoms with van der Waals surface area (Å²) in [4.78, 5) is 12.8. The van der Waals surface area contributed by atoms with Gasteiger partial charge < -0.3 is 15.3 Å². The number of hydrogen-bond acceptors (Lipinski definition) is 3. The van der Waals surface area contributed by atoms with Gasteiger partial charge in [0, 0.05) is 35.6 Å². The van der Waals surface area contributed by atoms with Crippen molar-refractivity contribution in [1.29, 1.82) is 0 Å². The molecule has 0 unspecified atom stereocenters. The third-order valence-electron chi connectivity index (χ3n) is 4.52. The SMILES string of the molecule is O=C(O)/C=C/CNCCCN1C2=CC(Cl)=CCC2=CCc2ccccc21. The van der Waals surface area contributed by atoms with E-state index in [-0.39, 0.29) is 0 Å². The van der Waals surface area contributed by atoms with Gasteiger partial charge in [-0.25, -0.2) is 4.79 Å². The van der Waals surface area contributed by atoms with Crippen LogP contribution in [-0.4, -0.2) is 30.7 Å². The van der Waals surface area contributed by atoms with E-state index in [4.69, 9.17) is 16.7 Å². The summed E-state index contributed by atoms with van der Waals surface area (Å²) in [6.45, 7) is 2.25. The van der Waals surface area contributed by atoms with Gasteiger partial charge in [0.2, 0.25) is 0 Å². The quantitative estimate of drug-likeness (QED) is 0.562. The lowest BCUT2D eigenvalue weighted by Crippen LogP contribution is -2.28. The Morgan fingerprint density at radius 2 is 2.12 bits per heavy atom. The van der Waals surface area contributed by atoms with E-state index in [1.165, 1.54) is 22.5 Å². The molecule has 0 saturated heterocycles. The van der Waals surface area contributed by atoms with Gasteiger partial charge >= 0.3 is 5.97 Å². The van der Waals surface area contributed by atoms with Crippen LogP contribution >= 0.6 is 11.6 Å². The molecule has 0 bridgehead atoms. The molecule has 26 heavy (non-hydrogen) atoms. The molecule has 1 aromatic rings. The molecule has 0 aromatic heterocycles. The van der Waals surface area contributed by atoms with Crippen molar-refractivity contribution < 1.29 is 9.90 Å². The molecule has 5 heteroatoms. The van der Waals surface area contributed by atoms with E-state index in [0.29, 0.717) is 6.54 Å². The Labute approximate surface area is 159 Å². The average molecular weight is 371 g/mol. The van der Waals surface area contributed by atoms with Crippen molar-refractivity contribution in [3.05, 3.63) is 76.5 Å². The van der Waals surface area contributed by atoms with E-state index >= 15 is 0 Å². The van der Waals surface area contributed by atoms with Crippen LogP contribution in [0.4, 0.5) is 5.69 Å². The first-order valence-electron chi connectivity index (χ1n) is 8.87. The Kier molecular flexibility index (Phi) is 6.31. The van der Waals surface area contributed by atoms with Crippen LogP contribution in [0.5, 0.6) is 0 Å². The van der Waals surface area contributed by atoms with Crippen molar-refractivity contribution >= 4 is 23.3 Å². The number of anilines is 1. The maximum absolute atomic E-state index is 10.5. The van der Waals surface area contributed by atoms with Gasteiger partial charge in [0.1, 0.15) is 0 Å². The molecule has 0 spiro atoms. The monoisotopic (exact) mass is 370 g/mol. The molecule has 0 atom stereocenters. The smallest absolute Gasteiger partial charge is 0.328 e. The predicted molar refractivity (Wildman–Crippen MR) is 106 cm³/mol. The van der Waals surface area contributed by atoms with Gasteiger partial charge in [-0.3, -0.25) is 0 Å². The molecular formula is C21H23ClN2O2. The summed E-state index contributed by atoms with van der Waals surface area (Å²) in [6.07, 6.45) is 12.0. The lowest BCUT2D eigenvalue weighted by Gasteiger charge is -2.30. The van der Waals surface area contributed by atoms with E-state index in [1.807, 2.05) is 0 Å². The van der Waals surface area contributed by atoms with E-state index < -0.39 is 5.97 Å². The molecule has 1 aliphatic heterocycles. The van der Waals surface area contributed by atoms with Crippen LogP contribution < -0.4 is 10.2 Å². The summed E-state index contributed by atoms with van der Waals surface area (Å²) >= 11 is 6.29. The molecule has 1 aliphatic carbocycles. The Balaban J connectivity index is 1.69. The number of halogens is 1. The highest BCUT2D eigenvalue weighted by Crippen LogP contribution is 2.36. The van der Waals surface area contributed by atoms with E-state index in [0.717, 1.165) is 43.5 Å². The number of para-hydroxylation sites is 1. The van der Waals surface area contributed by atoms with Gasteiger partial charge in [-0.15, -0.1) is 0 Å². The van der Waals surface area contributed by atoms with Crippen LogP contribution in [-0.2, 0) is 11.2 Å². The summed E-state index contributed by atoms with van der Waals surface area (Å²) in [5.74, 6) is -0.915. The van der Waals surface area contributed by atoms with Gasteiger partial charge in [0.25, 0.3) is 0 Å². The van der Waals surface area contributed by atoms with Crippen molar-refractivity contribution in [1.82, 2.24) is 5.32 Å². The van der Waals surface area contributed by atoms with Gasteiger partial charge in [-0.1, -0.05) is 48.0 Å². The molecule has 0 fully saturated rings. The number of allylic oxidation sites excluding steroid dienone is 5. The average Bonchev–Trinajstić information content (AvgIpc) is 2.78. The lowest BCUT2D eigenvalue weighted by molar-refractivity contribution is -0.131. The van der Waals surface area contributed by atoms with Crippen molar-refractivity contribution in [2.75, 3.05) is 24.5 Å². The molecule has 1 heterocycles. The first-order chi connectivity index (χ1) is 12.6. The predicted octanol–water partition coefficient (Wildman–Crippen LogP) is 4.01. The van der Waals surface area contributed by atoms with Crippen LogP contribution in [0.25, 0.3) is 0 Å². The zero-order valence-corrected chi connectivity index (χ0v) is 15.4. The second kappa shape index (κ2) is 8.88. The minimum atomic E-state index is -0.915. The maximum Gasteiger partial charge on any atom is 0.328 e. The van der Waals surface area contributed by atoms with Gasteiger partial charge in [0.15, 0.2) is 0 Å². The van der Waals surface area contributed by atoms with Crippen LogP contribution in [0.1, 0.15) is 18.4 Å². The molecule has 3 rings (SSSR count). The van der Waals surface area contributed by atoms with Crippen LogP contribution in [0.15, 0.2) is 70.9 Å². The standard InChI is InChI=1S/C21H23ClN2O2/c22-18-11-10-17-9-8-16-5-1-2-6-19(16)24(20(17)15-18)14-4-13-23-12-3-7-21(25)26/h1-3,5-7,9,11,15,23H,4,8,10,12-14H2,(H,25,26)/b7-3+. The second-order valence-corrected chi connectivity index (χ2v) is 6.77. The van der Waals surface area contributed by atoms with Crippen LogP contribution in [0.2, 0.25) is 0 Å². The van der Waals surface area contributed by atoms with E-state index in [2.05, 4.69) is 52.7 Å². The zero-order chi connectivity index (χ0) is 18.4. The fraction of sp³-hybridized carbons (Fsp3) is 0.286. The Morgan fingerprint density at radius 3 is 2.96 bits per heavy atom. The number of carboxylic acids is 1. The third-order valence-corrected chi connectivity index (χ3v) is 4.78. The number of hydrogen-bond donors (Lipinski definition) is 2. The number of aliphatic carboxylic acids is 1. The maximum atomic E-state index is 10.5. The van der Waals surface area contributed by atoms with Crippen molar-refractivity contribution in [2.24, 2.45) is 0 Å². The van der Waals surface area contributed by atoms with Gasteiger partial charge in [0.05, 0.1) is 0 Å². The molecule has 2 aliphatic rings. The van der Waals surface area contributed by atoms with Crippen LogP contribution in [0.3, 0.4) is 0 Å². The Hall–Kier alpha value is -2.30. The molecular weight excluding hydrogens is 348 g/mol. The second-order valence-electron chi connectivity index (χ2n) is 6.33. The highest BCUT2D eigenvalue weighted by Gasteiger charge is 2.22. The Bertz CT molecular complexity index is 793. The van der Waals surface area contributed by atoms with Gasteiger partial charge in [-0.05, 0) is 49.1 Å². The topological polar surface area (TPSA) is 52.6 Å². The molecule has 0 amide bonds. The molecule has 4 nitrogen and oxygen atoms in total. The summed E-state index contributed by atoms with van der Waals surface area (Å²) in [5, 5.41) is 12.6. The number of benzene rings is 1. The summed E-state index contributed by atoms with van der Waals surface area (Å²) in [7, 11) is 0. The fourth-order valence-electron chi connectivity index (χ4n) is 3.29. The summed E-state index contributed by atoms with van der Waals surface area (Å²) < 4.78 is 0. The number of fused-ring (bicyclic) bond motifs is 2. The van der Waals surface area contributed by atoms with E-state index in [9.17, 15) is 4.79 Å². The third kappa shape index (κ3) is 4.65. The number of carbonyl (C=O) groups is 1. The molecule has 1 aromatic carbocycles. The highest BCUT2D eigenvalue weighted by molar-refractivity contribution is 6.31. The zero-order valence-electron chi connectivity index (χ0n) is 14.6. The molecule has 136 valence electrons. The number of nitrogens with one attached hydrogen (secondary N) is 1. The summed E-state index contributed by atoms with van der Waals surface area (Å²) in [6, 6.07) is 8.51. The van der Waals surface area contributed by atoms with Crippen molar-refractivity contribution in [2.45, 2.75) is 19.3 Å². The number of nitrogens with zero attached hydrogens (tertiary/aromatic N) is 1. The lowest BCUT2D eigenvalue weighted by atomic mass is 10.0. The molecule has 0 radical (unpaired) electrons. The summed E-state index contributed by atoms with van der Waals surface area (Å²) in [5.41, 5.74) is 5.07. The van der Waals surface area contributed by atoms with Crippen molar-refractivity contribution in [3.8, 4) is 0 Å². The fourth-order valence-corrected chi connectivity index (χ4v) is 3.47. The number of rotatable bonds is 7. The van der Waals surface area contributed by atoms with Gasteiger partial charge in [-0.2, -0.15) is 0 Å². The normalized spacial score (nSPS) is 16.3. The highest BCUT2D eigenvalue weighted by atomic mass is 35.5. The van der Waals surface area contributed by atoms with Crippen LogP contribution in [0, 0.1) is 0 Å². The first-order valence-corrected chi connectivity index (χ1v) is 9.25. The number of carboxylic acid groups (broad SMARTS) is 1. The van der Waals surface area contributed by atoms with E-state index in [1.54, 1.807) is 6.08 Å². The largest absolute Gasteiger partial charge is 0.478 e. The molecule has 0 saturated carbocycles. The molecule has 2 N–H and O–H groups in total. The first kappa shape index (κ1) is 18.5.